The van der Waals surface area contributed by atoms with Gasteiger partial charge in [-0.05, 0) is 19.3 Å². The molecule has 4 N–H and O–H groups in total. The van der Waals surface area contributed by atoms with Crippen molar-refractivity contribution in [1.29, 1.82) is 0 Å². The van der Waals surface area contributed by atoms with Crippen LogP contribution in [0.4, 0.5) is 8.78 Å². The van der Waals surface area contributed by atoms with E-state index in [4.69, 9.17) is 5.73 Å². The van der Waals surface area contributed by atoms with Gasteiger partial charge < -0.3 is 16.2 Å². The van der Waals surface area contributed by atoms with Gasteiger partial charge in [0.25, 0.3) is 6.43 Å². The number of aliphatic hydroxyl groups is 1. The topological polar surface area (TPSA) is 78.6 Å². The van der Waals surface area contributed by atoms with E-state index >= 15 is 0 Å². The summed E-state index contributed by atoms with van der Waals surface area (Å²) >= 11 is 0. The molecule has 1 fully saturated rings. The summed E-state index contributed by atoms with van der Waals surface area (Å²) in [5, 5.41) is 12.4. The first kappa shape index (κ1) is 15.3. The fourth-order valence-corrected chi connectivity index (χ4v) is 2.33. The van der Waals surface area contributed by atoms with E-state index in [1.165, 1.54) is 0 Å². The third kappa shape index (κ3) is 5.24. The molecule has 3 atom stereocenters. The number of primary amides is 1. The molecule has 1 rings (SSSR count). The maximum Gasteiger partial charge on any atom is 0.250 e. The summed E-state index contributed by atoms with van der Waals surface area (Å²) in [5.41, 5.74) is 5.13. The van der Waals surface area contributed by atoms with Gasteiger partial charge in [-0.2, -0.15) is 0 Å². The molecule has 0 aliphatic carbocycles. The van der Waals surface area contributed by atoms with Crippen LogP contribution in [0.3, 0.4) is 0 Å². The average molecular weight is 265 g/mol. The van der Waals surface area contributed by atoms with E-state index in [0.29, 0.717) is 19.5 Å². The van der Waals surface area contributed by atoms with E-state index in [9.17, 15) is 18.7 Å². The Morgan fingerprint density at radius 1 is 1.56 bits per heavy atom. The third-order valence-corrected chi connectivity index (χ3v) is 3.18. The van der Waals surface area contributed by atoms with Crippen molar-refractivity contribution in [1.82, 2.24) is 10.2 Å². The second kappa shape index (κ2) is 6.96. The van der Waals surface area contributed by atoms with Crippen LogP contribution < -0.4 is 11.1 Å². The van der Waals surface area contributed by atoms with Crippen molar-refractivity contribution in [2.45, 2.75) is 31.9 Å². The lowest BCUT2D eigenvalue weighted by Gasteiger charge is -2.38. The van der Waals surface area contributed by atoms with Crippen LogP contribution in [0.5, 0.6) is 0 Å². The number of piperidine rings is 1. The van der Waals surface area contributed by atoms with E-state index in [2.05, 4.69) is 5.32 Å². The van der Waals surface area contributed by atoms with Crippen LogP contribution in [0.15, 0.2) is 0 Å². The molecule has 0 spiro atoms. The quantitative estimate of drug-likeness (QED) is 0.599. The summed E-state index contributed by atoms with van der Waals surface area (Å²) in [6, 6.07) is -0.147. The number of likely N-dealkylation sites (tertiary alicyclic amines) is 1. The average Bonchev–Trinajstić information content (AvgIpc) is 2.25. The Kier molecular flexibility index (Phi) is 5.90. The molecule has 1 saturated heterocycles. The van der Waals surface area contributed by atoms with Crippen LogP contribution in [0.1, 0.15) is 13.3 Å². The minimum atomic E-state index is -2.40. The zero-order chi connectivity index (χ0) is 13.7. The molecule has 1 heterocycles. The van der Waals surface area contributed by atoms with Gasteiger partial charge >= 0.3 is 0 Å². The summed E-state index contributed by atoms with van der Waals surface area (Å²) in [4.78, 5) is 12.7. The molecule has 0 aromatic heterocycles. The third-order valence-electron chi connectivity index (χ3n) is 3.18. The SMILES string of the molecule is CC(O)C1CC(NCC(F)F)CN(CC(N)=O)C1. The number of carbonyl (C=O) groups is 1. The molecule has 0 saturated carbocycles. The number of amides is 1. The number of hydrogen-bond acceptors (Lipinski definition) is 4. The number of nitrogens with zero attached hydrogens (tertiary/aromatic N) is 1. The summed E-state index contributed by atoms with van der Waals surface area (Å²) in [6.07, 6.45) is -2.31. The van der Waals surface area contributed by atoms with Crippen molar-refractivity contribution < 1.29 is 18.7 Å². The number of nitrogens with two attached hydrogens (primary N) is 1. The van der Waals surface area contributed by atoms with Crippen LogP contribution in [0, 0.1) is 5.92 Å². The Balaban J connectivity index is 2.53. The maximum atomic E-state index is 12.2. The van der Waals surface area contributed by atoms with Gasteiger partial charge in [0.2, 0.25) is 5.91 Å². The molecule has 106 valence electrons. The lowest BCUT2D eigenvalue weighted by Crippen LogP contribution is -2.53. The zero-order valence-corrected chi connectivity index (χ0v) is 10.5. The number of hydrogen-bond donors (Lipinski definition) is 3. The second-order valence-corrected chi connectivity index (χ2v) is 4.89. The van der Waals surface area contributed by atoms with E-state index in [1.807, 2.05) is 0 Å². The first-order chi connectivity index (χ1) is 8.38. The molecule has 7 heteroatoms. The monoisotopic (exact) mass is 265 g/mol. The zero-order valence-electron chi connectivity index (χ0n) is 10.5. The molecule has 0 radical (unpaired) electrons. The predicted molar refractivity (Wildman–Crippen MR) is 63.2 cm³/mol. The van der Waals surface area contributed by atoms with Gasteiger partial charge in [0, 0.05) is 19.1 Å². The van der Waals surface area contributed by atoms with Crippen LogP contribution in [0.2, 0.25) is 0 Å². The van der Waals surface area contributed by atoms with Crippen molar-refractivity contribution in [3.63, 3.8) is 0 Å². The summed E-state index contributed by atoms with van der Waals surface area (Å²) in [7, 11) is 0. The highest BCUT2D eigenvalue weighted by Crippen LogP contribution is 2.20. The molecule has 5 nitrogen and oxygen atoms in total. The van der Waals surface area contributed by atoms with E-state index in [1.54, 1.807) is 11.8 Å². The molecule has 1 aliphatic heterocycles. The van der Waals surface area contributed by atoms with Gasteiger partial charge in [-0.15, -0.1) is 0 Å². The normalized spacial score (nSPS) is 27.4. The van der Waals surface area contributed by atoms with Crippen LogP contribution in [-0.2, 0) is 4.79 Å². The molecular formula is C11H21F2N3O2. The van der Waals surface area contributed by atoms with Gasteiger partial charge in [0.05, 0.1) is 19.2 Å². The highest BCUT2D eigenvalue weighted by atomic mass is 19.3. The van der Waals surface area contributed by atoms with E-state index < -0.39 is 18.4 Å². The fraction of sp³-hybridized carbons (Fsp3) is 0.909. The van der Waals surface area contributed by atoms with Gasteiger partial charge in [0.1, 0.15) is 0 Å². The first-order valence-corrected chi connectivity index (χ1v) is 6.08. The Hall–Kier alpha value is -0.790. The Morgan fingerprint density at radius 3 is 2.72 bits per heavy atom. The number of carbonyl (C=O) groups excluding carboxylic acids is 1. The Labute approximate surface area is 105 Å². The maximum absolute atomic E-state index is 12.2. The standard InChI is InChI=1S/C11H21F2N3O2/c1-7(17)8-2-9(15-3-10(12)13)5-16(4-8)6-11(14)18/h7-10,15,17H,2-6H2,1H3,(H2,14,18). The Morgan fingerprint density at radius 2 is 2.22 bits per heavy atom. The van der Waals surface area contributed by atoms with Crippen molar-refractivity contribution in [3.05, 3.63) is 0 Å². The van der Waals surface area contributed by atoms with Crippen molar-refractivity contribution in [2.24, 2.45) is 11.7 Å². The van der Waals surface area contributed by atoms with Gasteiger partial charge in [-0.1, -0.05) is 0 Å². The largest absolute Gasteiger partial charge is 0.393 e. The van der Waals surface area contributed by atoms with Gasteiger partial charge in [-0.3, -0.25) is 9.69 Å². The minimum absolute atomic E-state index is 0.0340. The van der Waals surface area contributed by atoms with Gasteiger partial charge in [0.15, 0.2) is 0 Å². The minimum Gasteiger partial charge on any atom is -0.393 e. The first-order valence-electron chi connectivity index (χ1n) is 6.08. The summed E-state index contributed by atoms with van der Waals surface area (Å²) < 4.78 is 24.3. The summed E-state index contributed by atoms with van der Waals surface area (Å²) in [5.74, 6) is -0.484. The van der Waals surface area contributed by atoms with Crippen LogP contribution in [-0.4, -0.2) is 60.7 Å². The number of rotatable bonds is 6. The Bertz CT molecular complexity index is 277. The van der Waals surface area contributed by atoms with Crippen molar-refractivity contribution in [3.8, 4) is 0 Å². The fourth-order valence-electron chi connectivity index (χ4n) is 2.33. The highest BCUT2D eigenvalue weighted by Gasteiger charge is 2.30. The van der Waals surface area contributed by atoms with Crippen molar-refractivity contribution in [2.75, 3.05) is 26.2 Å². The lowest BCUT2D eigenvalue weighted by molar-refractivity contribution is -0.120. The molecule has 18 heavy (non-hydrogen) atoms. The molecule has 0 aromatic carbocycles. The smallest absolute Gasteiger partial charge is 0.250 e. The van der Waals surface area contributed by atoms with E-state index in [-0.39, 0.29) is 25.0 Å². The molecular weight excluding hydrogens is 244 g/mol. The lowest BCUT2D eigenvalue weighted by atomic mass is 9.90. The molecule has 0 bridgehead atoms. The number of halogens is 2. The van der Waals surface area contributed by atoms with Crippen LogP contribution >= 0.6 is 0 Å². The number of aliphatic hydroxyl groups excluding tert-OH is 1. The molecule has 1 amide bonds. The van der Waals surface area contributed by atoms with Crippen molar-refractivity contribution >= 4 is 5.91 Å². The van der Waals surface area contributed by atoms with Crippen LogP contribution in [0.25, 0.3) is 0 Å². The number of nitrogens with one attached hydrogen (secondary N) is 1. The van der Waals surface area contributed by atoms with E-state index in [0.717, 1.165) is 0 Å². The second-order valence-electron chi connectivity index (χ2n) is 4.89. The number of alkyl halides is 2. The molecule has 1 aliphatic rings. The highest BCUT2D eigenvalue weighted by molar-refractivity contribution is 5.75. The molecule has 0 aromatic rings. The summed E-state index contributed by atoms with van der Waals surface area (Å²) in [6.45, 7) is 2.45. The predicted octanol–water partition coefficient (Wildman–Crippen LogP) is -0.602. The van der Waals surface area contributed by atoms with Gasteiger partial charge in [-0.25, -0.2) is 8.78 Å². The molecule has 3 unspecified atom stereocenters.